The van der Waals surface area contributed by atoms with Crippen LogP contribution in [0.4, 0.5) is 0 Å². The van der Waals surface area contributed by atoms with Gasteiger partial charge < -0.3 is 15.7 Å². The molecule has 0 aromatic heterocycles. The SMILES string of the molecule is CCC(O)(CC)CNC(=O)CC1CSCCN1. The van der Waals surface area contributed by atoms with Gasteiger partial charge in [-0.25, -0.2) is 0 Å². The van der Waals surface area contributed by atoms with Crippen LogP contribution in [0.25, 0.3) is 0 Å². The van der Waals surface area contributed by atoms with Crippen LogP contribution in [0.15, 0.2) is 0 Å². The van der Waals surface area contributed by atoms with Gasteiger partial charge in [-0.05, 0) is 12.8 Å². The molecule has 17 heavy (non-hydrogen) atoms. The molecule has 0 aromatic rings. The van der Waals surface area contributed by atoms with Crippen LogP contribution in [0.5, 0.6) is 0 Å². The smallest absolute Gasteiger partial charge is 0.221 e. The second-order valence-corrected chi connectivity index (χ2v) is 5.79. The summed E-state index contributed by atoms with van der Waals surface area (Å²) in [7, 11) is 0. The average molecular weight is 260 g/mol. The molecule has 0 aromatic carbocycles. The molecule has 4 nitrogen and oxygen atoms in total. The monoisotopic (exact) mass is 260 g/mol. The predicted octanol–water partition coefficient (Wildman–Crippen LogP) is 0.749. The van der Waals surface area contributed by atoms with E-state index in [1.807, 2.05) is 25.6 Å². The number of hydrogen-bond acceptors (Lipinski definition) is 4. The molecule has 1 aliphatic heterocycles. The van der Waals surface area contributed by atoms with Gasteiger partial charge >= 0.3 is 0 Å². The number of hydrogen-bond donors (Lipinski definition) is 3. The Balaban J connectivity index is 2.24. The van der Waals surface area contributed by atoms with Gasteiger partial charge in [-0.2, -0.15) is 11.8 Å². The second kappa shape index (κ2) is 7.24. The first-order chi connectivity index (χ1) is 8.09. The Morgan fingerprint density at radius 3 is 2.76 bits per heavy atom. The van der Waals surface area contributed by atoms with Crippen molar-refractivity contribution in [2.45, 2.75) is 44.8 Å². The number of carbonyl (C=O) groups excluding carboxylic acids is 1. The largest absolute Gasteiger partial charge is 0.388 e. The standard InChI is InChI=1S/C12H24N2O2S/c1-3-12(16,4-2)9-14-11(15)7-10-8-17-6-5-13-10/h10,13,16H,3-9H2,1-2H3,(H,14,15). The molecule has 0 saturated carbocycles. The van der Waals surface area contributed by atoms with Crippen LogP contribution in [0, 0.1) is 0 Å². The van der Waals surface area contributed by atoms with E-state index in [1.54, 1.807) is 0 Å². The van der Waals surface area contributed by atoms with Crippen LogP contribution in [0.1, 0.15) is 33.1 Å². The zero-order valence-electron chi connectivity index (χ0n) is 10.8. The number of carbonyl (C=O) groups is 1. The molecule has 5 heteroatoms. The zero-order chi connectivity index (χ0) is 12.7. The van der Waals surface area contributed by atoms with E-state index >= 15 is 0 Å². The Hall–Kier alpha value is -0.260. The van der Waals surface area contributed by atoms with Crippen molar-refractivity contribution in [2.75, 3.05) is 24.6 Å². The van der Waals surface area contributed by atoms with Crippen LogP contribution in [0.3, 0.4) is 0 Å². The molecule has 0 bridgehead atoms. The molecule has 0 spiro atoms. The van der Waals surface area contributed by atoms with Gasteiger partial charge in [0.25, 0.3) is 0 Å². The first-order valence-corrected chi connectivity index (χ1v) is 7.55. The van der Waals surface area contributed by atoms with Gasteiger partial charge in [0, 0.05) is 37.1 Å². The number of rotatable bonds is 6. The summed E-state index contributed by atoms with van der Waals surface area (Å²) in [5.41, 5.74) is -0.746. The molecular formula is C12H24N2O2S. The molecule has 1 rings (SSSR count). The highest BCUT2D eigenvalue weighted by atomic mass is 32.2. The summed E-state index contributed by atoms with van der Waals surface area (Å²) in [5, 5.41) is 16.2. The lowest BCUT2D eigenvalue weighted by Crippen LogP contribution is -2.45. The highest BCUT2D eigenvalue weighted by Gasteiger charge is 2.23. The summed E-state index contributed by atoms with van der Waals surface area (Å²) in [6, 6.07) is 0.282. The molecule has 0 aliphatic carbocycles. The van der Waals surface area contributed by atoms with Crippen LogP contribution in [0.2, 0.25) is 0 Å². The number of thioether (sulfide) groups is 1. The molecule has 3 N–H and O–H groups in total. The Bertz CT molecular complexity index is 239. The van der Waals surface area contributed by atoms with E-state index in [-0.39, 0.29) is 11.9 Å². The maximum absolute atomic E-state index is 11.7. The second-order valence-electron chi connectivity index (χ2n) is 4.64. The topological polar surface area (TPSA) is 61.4 Å². The van der Waals surface area contributed by atoms with E-state index in [9.17, 15) is 9.90 Å². The molecule has 1 saturated heterocycles. The minimum Gasteiger partial charge on any atom is -0.388 e. The van der Waals surface area contributed by atoms with Crippen molar-refractivity contribution in [2.24, 2.45) is 0 Å². The van der Waals surface area contributed by atoms with Gasteiger partial charge in [-0.1, -0.05) is 13.8 Å². The van der Waals surface area contributed by atoms with E-state index < -0.39 is 5.60 Å². The minimum absolute atomic E-state index is 0.0327. The fourth-order valence-corrected chi connectivity index (χ4v) is 2.76. The third-order valence-corrected chi connectivity index (χ3v) is 4.49. The molecular weight excluding hydrogens is 236 g/mol. The first-order valence-electron chi connectivity index (χ1n) is 6.40. The van der Waals surface area contributed by atoms with Crippen molar-refractivity contribution in [3.05, 3.63) is 0 Å². The summed E-state index contributed by atoms with van der Waals surface area (Å²) in [4.78, 5) is 11.7. The number of nitrogens with one attached hydrogen (secondary N) is 2. The molecule has 1 unspecified atom stereocenters. The van der Waals surface area contributed by atoms with Gasteiger partial charge in [-0.15, -0.1) is 0 Å². The molecule has 100 valence electrons. The van der Waals surface area contributed by atoms with Crippen molar-refractivity contribution in [3.8, 4) is 0 Å². The van der Waals surface area contributed by atoms with Gasteiger partial charge in [0.05, 0.1) is 5.60 Å². The molecule has 1 amide bonds. The Morgan fingerprint density at radius 2 is 2.24 bits per heavy atom. The maximum Gasteiger partial charge on any atom is 0.221 e. The van der Waals surface area contributed by atoms with Crippen molar-refractivity contribution >= 4 is 17.7 Å². The predicted molar refractivity (Wildman–Crippen MR) is 72.3 cm³/mol. The van der Waals surface area contributed by atoms with Gasteiger partial charge in [0.2, 0.25) is 5.91 Å². The highest BCUT2D eigenvalue weighted by Crippen LogP contribution is 2.13. The molecule has 1 fully saturated rings. The van der Waals surface area contributed by atoms with Crippen molar-refractivity contribution in [1.82, 2.24) is 10.6 Å². The molecule has 1 heterocycles. The van der Waals surface area contributed by atoms with Gasteiger partial charge in [0.15, 0.2) is 0 Å². The van der Waals surface area contributed by atoms with Crippen LogP contribution in [-0.2, 0) is 4.79 Å². The van der Waals surface area contributed by atoms with E-state index in [2.05, 4.69) is 10.6 Å². The Kier molecular flexibility index (Phi) is 6.30. The third-order valence-electron chi connectivity index (χ3n) is 3.36. The lowest BCUT2D eigenvalue weighted by atomic mass is 9.97. The summed E-state index contributed by atoms with van der Waals surface area (Å²) in [6.45, 7) is 5.22. The van der Waals surface area contributed by atoms with Crippen LogP contribution < -0.4 is 10.6 Å². The van der Waals surface area contributed by atoms with E-state index in [0.717, 1.165) is 18.1 Å². The van der Waals surface area contributed by atoms with Crippen molar-refractivity contribution < 1.29 is 9.90 Å². The minimum atomic E-state index is -0.746. The lowest BCUT2D eigenvalue weighted by molar-refractivity contribution is -0.122. The quantitative estimate of drug-likeness (QED) is 0.659. The molecule has 0 radical (unpaired) electrons. The van der Waals surface area contributed by atoms with Crippen molar-refractivity contribution in [1.29, 1.82) is 0 Å². The summed E-state index contributed by atoms with van der Waals surface area (Å²) in [5.74, 6) is 2.16. The summed E-state index contributed by atoms with van der Waals surface area (Å²) < 4.78 is 0. The third kappa shape index (κ3) is 5.27. The Labute approximate surface area is 108 Å². The normalized spacial score (nSPS) is 21.2. The summed E-state index contributed by atoms with van der Waals surface area (Å²) in [6.07, 6.45) is 1.85. The van der Waals surface area contributed by atoms with Crippen molar-refractivity contribution in [3.63, 3.8) is 0 Å². The highest BCUT2D eigenvalue weighted by molar-refractivity contribution is 7.99. The van der Waals surface area contributed by atoms with Crippen LogP contribution >= 0.6 is 11.8 Å². The summed E-state index contributed by atoms with van der Waals surface area (Å²) >= 11 is 1.89. The zero-order valence-corrected chi connectivity index (χ0v) is 11.6. The van der Waals surface area contributed by atoms with E-state index in [1.165, 1.54) is 0 Å². The lowest BCUT2D eigenvalue weighted by Gasteiger charge is -2.27. The first kappa shape index (κ1) is 14.8. The fraction of sp³-hybridized carbons (Fsp3) is 0.917. The average Bonchev–Trinajstić information content (AvgIpc) is 2.37. The number of aliphatic hydroxyl groups is 1. The fourth-order valence-electron chi connectivity index (χ4n) is 1.81. The molecule has 1 atom stereocenters. The maximum atomic E-state index is 11.7. The van der Waals surface area contributed by atoms with Gasteiger partial charge in [-0.3, -0.25) is 4.79 Å². The van der Waals surface area contributed by atoms with Crippen LogP contribution in [-0.4, -0.2) is 47.3 Å². The number of amides is 1. The Morgan fingerprint density at radius 1 is 1.53 bits per heavy atom. The van der Waals surface area contributed by atoms with E-state index in [0.29, 0.717) is 25.8 Å². The van der Waals surface area contributed by atoms with Gasteiger partial charge in [0.1, 0.15) is 0 Å². The molecule has 1 aliphatic rings. The van der Waals surface area contributed by atoms with E-state index in [4.69, 9.17) is 0 Å².